The van der Waals surface area contributed by atoms with Gasteiger partial charge in [-0.25, -0.2) is 19.8 Å². The van der Waals surface area contributed by atoms with Crippen LogP contribution in [0, 0.1) is 6.57 Å². The molecule has 266 valence electrons. The van der Waals surface area contributed by atoms with Crippen molar-refractivity contribution < 1.29 is 0 Å². The van der Waals surface area contributed by atoms with Crippen molar-refractivity contribution in [3.63, 3.8) is 0 Å². The van der Waals surface area contributed by atoms with Crippen LogP contribution in [0.1, 0.15) is 43.2 Å². The second-order valence-corrected chi connectivity index (χ2v) is 15.0. The van der Waals surface area contributed by atoms with E-state index in [9.17, 15) is 0 Å². The van der Waals surface area contributed by atoms with Crippen LogP contribution in [0.3, 0.4) is 0 Å². The lowest BCUT2D eigenvalue weighted by Gasteiger charge is -2.36. The minimum Gasteiger partial charge on any atom is -0.238 e. The van der Waals surface area contributed by atoms with Crippen LogP contribution in [-0.2, 0) is 5.41 Å². The molecule has 7 aromatic carbocycles. The van der Waals surface area contributed by atoms with E-state index < -0.39 is 0 Å². The minimum absolute atomic E-state index is 0.00631. The lowest BCUT2D eigenvalue weighted by Crippen LogP contribution is -2.28. The predicted octanol–water partition coefficient (Wildman–Crippen LogP) is 13.7. The van der Waals surface area contributed by atoms with Gasteiger partial charge < -0.3 is 0 Å². The van der Waals surface area contributed by atoms with Crippen molar-refractivity contribution in [1.29, 1.82) is 0 Å². The number of hydrogen-bond acceptors (Lipinski definition) is 3. The van der Waals surface area contributed by atoms with Gasteiger partial charge in [-0.1, -0.05) is 165 Å². The van der Waals surface area contributed by atoms with E-state index in [0.717, 1.165) is 51.9 Å². The molecule has 0 saturated heterocycles. The summed E-state index contributed by atoms with van der Waals surface area (Å²) in [5, 5.41) is 0. The van der Waals surface area contributed by atoms with Gasteiger partial charge in [-0.2, -0.15) is 0 Å². The molecule has 1 heterocycles. The standard InChI is InChI=1S/C52H38N4/c1-53-44-25-27-46-45-26-24-42(33-47(45)52(48(46)34-44)28-9-4-10-29-52)40-21-12-19-38(31-40)37-18-11-20-39(30-37)41-22-13-23-43(32-41)51-55-49(35-14-5-2-6-15-35)54-50(56-51)36-16-7-3-8-17-36/h2-3,5-8,11-27,30-34H,4,9-10,28-29H2. The molecular formula is C52H38N4. The number of fused-ring (bicyclic) bond motifs is 5. The number of nitrogens with zero attached hydrogens (tertiary/aromatic N) is 4. The molecule has 8 aromatic rings. The van der Waals surface area contributed by atoms with Gasteiger partial charge in [0.25, 0.3) is 0 Å². The predicted molar refractivity (Wildman–Crippen MR) is 228 cm³/mol. The maximum Gasteiger partial charge on any atom is 0.187 e. The second kappa shape index (κ2) is 14.0. The number of benzene rings is 7. The van der Waals surface area contributed by atoms with E-state index in [0.29, 0.717) is 17.5 Å². The second-order valence-electron chi connectivity index (χ2n) is 15.0. The molecule has 0 atom stereocenters. The first-order valence-corrected chi connectivity index (χ1v) is 19.5. The zero-order chi connectivity index (χ0) is 37.5. The molecule has 0 N–H and O–H groups in total. The molecule has 1 spiro atoms. The van der Waals surface area contributed by atoms with E-state index in [2.05, 4.69) is 108 Å². The van der Waals surface area contributed by atoms with Gasteiger partial charge in [-0.05, 0) is 92.7 Å². The summed E-state index contributed by atoms with van der Waals surface area (Å²) in [5.41, 5.74) is 16.0. The van der Waals surface area contributed by atoms with Crippen LogP contribution in [0.4, 0.5) is 5.69 Å². The molecule has 4 heteroatoms. The molecule has 1 fully saturated rings. The Balaban J connectivity index is 0.992. The molecule has 0 unspecified atom stereocenters. The van der Waals surface area contributed by atoms with Crippen molar-refractivity contribution in [3.8, 4) is 78.7 Å². The summed E-state index contributed by atoms with van der Waals surface area (Å²) in [6.45, 7) is 7.70. The molecule has 1 aromatic heterocycles. The van der Waals surface area contributed by atoms with Gasteiger partial charge in [0.15, 0.2) is 23.2 Å². The molecule has 10 rings (SSSR count). The van der Waals surface area contributed by atoms with Gasteiger partial charge in [0, 0.05) is 22.1 Å². The smallest absolute Gasteiger partial charge is 0.187 e. The molecule has 0 amide bonds. The summed E-state index contributed by atoms with van der Waals surface area (Å²) in [7, 11) is 0. The van der Waals surface area contributed by atoms with Crippen molar-refractivity contribution >= 4 is 5.69 Å². The quantitative estimate of drug-likeness (QED) is 0.161. The Kier molecular flexibility index (Phi) is 8.42. The van der Waals surface area contributed by atoms with E-state index in [1.165, 1.54) is 58.2 Å². The van der Waals surface area contributed by atoms with Gasteiger partial charge in [-0.3, -0.25) is 0 Å². The van der Waals surface area contributed by atoms with Crippen molar-refractivity contribution in [2.75, 3.05) is 0 Å². The summed E-state index contributed by atoms with van der Waals surface area (Å²) in [5.74, 6) is 1.94. The first kappa shape index (κ1) is 33.6. The van der Waals surface area contributed by atoms with Crippen molar-refractivity contribution in [3.05, 3.63) is 192 Å². The highest BCUT2D eigenvalue weighted by Gasteiger charge is 2.43. The van der Waals surface area contributed by atoms with Gasteiger partial charge in [0.1, 0.15) is 0 Å². The third-order valence-electron chi connectivity index (χ3n) is 11.7. The lowest BCUT2D eigenvalue weighted by molar-refractivity contribution is 0.353. The fraction of sp³-hybridized carbons (Fsp3) is 0.115. The van der Waals surface area contributed by atoms with Crippen LogP contribution in [0.5, 0.6) is 0 Å². The zero-order valence-electron chi connectivity index (χ0n) is 31.0. The van der Waals surface area contributed by atoms with E-state index in [1.807, 2.05) is 66.7 Å². The highest BCUT2D eigenvalue weighted by Crippen LogP contribution is 2.57. The molecule has 0 aliphatic heterocycles. The van der Waals surface area contributed by atoms with Gasteiger partial charge in [0.05, 0.1) is 6.57 Å². The summed E-state index contributed by atoms with van der Waals surface area (Å²) in [6.07, 6.45) is 6.00. The van der Waals surface area contributed by atoms with E-state index in [-0.39, 0.29) is 5.41 Å². The summed E-state index contributed by atoms with van der Waals surface area (Å²) in [6, 6.07) is 59.8. The number of hydrogen-bond donors (Lipinski definition) is 0. The average Bonchev–Trinajstić information content (AvgIpc) is 3.54. The van der Waals surface area contributed by atoms with Crippen LogP contribution in [0.15, 0.2) is 170 Å². The molecular weight excluding hydrogens is 681 g/mol. The number of rotatable bonds is 6. The molecule has 1 saturated carbocycles. The summed E-state index contributed by atoms with van der Waals surface area (Å²) < 4.78 is 0. The van der Waals surface area contributed by atoms with Crippen LogP contribution in [0.25, 0.3) is 83.5 Å². The lowest BCUT2D eigenvalue weighted by atomic mass is 9.67. The Morgan fingerprint density at radius 3 is 1.30 bits per heavy atom. The van der Waals surface area contributed by atoms with Crippen molar-refractivity contribution in [1.82, 2.24) is 15.0 Å². The fourth-order valence-corrected chi connectivity index (χ4v) is 8.96. The number of aromatic nitrogens is 3. The van der Waals surface area contributed by atoms with Crippen molar-refractivity contribution in [2.45, 2.75) is 37.5 Å². The summed E-state index contributed by atoms with van der Waals surface area (Å²) >= 11 is 0. The molecule has 4 nitrogen and oxygen atoms in total. The maximum absolute atomic E-state index is 7.70. The minimum atomic E-state index is -0.00631. The third-order valence-corrected chi connectivity index (χ3v) is 11.7. The Morgan fingerprint density at radius 2 is 0.786 bits per heavy atom. The van der Waals surface area contributed by atoms with E-state index in [4.69, 9.17) is 21.5 Å². The largest absolute Gasteiger partial charge is 0.238 e. The highest BCUT2D eigenvalue weighted by atomic mass is 15.0. The van der Waals surface area contributed by atoms with Crippen LogP contribution in [-0.4, -0.2) is 15.0 Å². The molecule has 2 aliphatic rings. The monoisotopic (exact) mass is 718 g/mol. The summed E-state index contributed by atoms with van der Waals surface area (Å²) in [4.78, 5) is 18.6. The normalized spacial score (nSPS) is 13.8. The Bertz CT molecular complexity index is 2740. The van der Waals surface area contributed by atoms with Crippen molar-refractivity contribution in [2.24, 2.45) is 0 Å². The molecule has 2 aliphatic carbocycles. The average molecular weight is 719 g/mol. The van der Waals surface area contributed by atoms with E-state index >= 15 is 0 Å². The highest BCUT2D eigenvalue weighted by molar-refractivity contribution is 5.86. The van der Waals surface area contributed by atoms with Gasteiger partial charge in [-0.15, -0.1) is 0 Å². The van der Waals surface area contributed by atoms with Crippen LogP contribution >= 0.6 is 0 Å². The van der Waals surface area contributed by atoms with Gasteiger partial charge >= 0.3 is 0 Å². The molecule has 0 bridgehead atoms. The first-order chi connectivity index (χ1) is 27.6. The Hall–Kier alpha value is -6.96. The fourth-order valence-electron chi connectivity index (χ4n) is 8.96. The third kappa shape index (κ3) is 5.99. The first-order valence-electron chi connectivity index (χ1n) is 19.5. The van der Waals surface area contributed by atoms with Crippen LogP contribution in [0.2, 0.25) is 0 Å². The van der Waals surface area contributed by atoms with Crippen LogP contribution < -0.4 is 0 Å². The molecule has 0 radical (unpaired) electrons. The SMILES string of the molecule is [C-]#[N+]c1ccc2c(c1)C1(CCCCC1)c1cc(-c3cccc(-c4cccc(-c5cccc(-c6nc(-c7ccccc7)nc(-c7ccccc7)n6)c5)c4)c3)ccc1-2. The topological polar surface area (TPSA) is 43.0 Å². The zero-order valence-corrected chi connectivity index (χ0v) is 31.0. The maximum atomic E-state index is 7.70. The Morgan fingerprint density at radius 1 is 0.375 bits per heavy atom. The Labute approximate surface area is 328 Å². The van der Waals surface area contributed by atoms with E-state index in [1.54, 1.807) is 0 Å². The molecule has 56 heavy (non-hydrogen) atoms. The van der Waals surface area contributed by atoms with Gasteiger partial charge in [0.2, 0.25) is 0 Å².